The van der Waals surface area contributed by atoms with Crippen LogP contribution in [0.1, 0.15) is 21.6 Å². The van der Waals surface area contributed by atoms with Crippen LogP contribution in [-0.2, 0) is 12.2 Å². The molecular formula is C21H20N4OS. The predicted octanol–water partition coefficient (Wildman–Crippen LogP) is 4.03. The Bertz CT molecular complexity index is 957. The molecule has 0 aliphatic carbocycles. The highest BCUT2D eigenvalue weighted by Crippen LogP contribution is 2.26. The van der Waals surface area contributed by atoms with Crippen molar-refractivity contribution >= 4 is 18.0 Å². The molecule has 5 nitrogen and oxygen atoms in total. The number of H-pyrrole nitrogens is 1. The molecule has 6 heteroatoms. The highest BCUT2D eigenvalue weighted by molar-refractivity contribution is 8.02. The van der Waals surface area contributed by atoms with E-state index >= 15 is 0 Å². The zero-order valence-corrected chi connectivity index (χ0v) is 15.8. The molecule has 2 heterocycles. The first-order valence-corrected chi connectivity index (χ1v) is 9.62. The lowest BCUT2D eigenvalue weighted by atomic mass is 10.1. The molecule has 0 saturated carbocycles. The van der Waals surface area contributed by atoms with Crippen LogP contribution in [-0.4, -0.2) is 29.8 Å². The number of benzene rings is 1. The SMILES string of the molecule is CNCCc1[nH]c(-c2ccnc(-c3ccc(CSC#N)cc3)c2)cc1C=O. The van der Waals surface area contributed by atoms with E-state index in [1.807, 2.05) is 49.5 Å². The van der Waals surface area contributed by atoms with Gasteiger partial charge in [0, 0.05) is 53.0 Å². The Labute approximate surface area is 162 Å². The summed E-state index contributed by atoms with van der Waals surface area (Å²) in [4.78, 5) is 19.2. The van der Waals surface area contributed by atoms with Gasteiger partial charge in [0.1, 0.15) is 5.40 Å². The molecule has 3 rings (SSSR count). The van der Waals surface area contributed by atoms with Gasteiger partial charge >= 0.3 is 0 Å². The van der Waals surface area contributed by atoms with Gasteiger partial charge in [-0.3, -0.25) is 9.78 Å². The van der Waals surface area contributed by atoms with Gasteiger partial charge in [-0.05, 0) is 42.6 Å². The van der Waals surface area contributed by atoms with E-state index in [0.717, 1.165) is 53.0 Å². The zero-order chi connectivity index (χ0) is 19.1. The molecule has 0 radical (unpaired) electrons. The second-order valence-corrected chi connectivity index (χ2v) is 6.85. The number of hydrogen-bond donors (Lipinski definition) is 2. The summed E-state index contributed by atoms with van der Waals surface area (Å²) in [5.74, 6) is 0.677. The van der Waals surface area contributed by atoms with Gasteiger partial charge in [-0.15, -0.1) is 0 Å². The van der Waals surface area contributed by atoms with Crippen molar-refractivity contribution in [3.8, 4) is 27.9 Å². The number of carbonyl (C=O) groups excluding carboxylic acids is 1. The first-order valence-electron chi connectivity index (χ1n) is 8.63. The van der Waals surface area contributed by atoms with E-state index in [4.69, 9.17) is 5.26 Å². The molecule has 0 fully saturated rings. The monoisotopic (exact) mass is 376 g/mol. The van der Waals surface area contributed by atoms with E-state index in [1.165, 1.54) is 11.8 Å². The Balaban J connectivity index is 1.86. The molecule has 27 heavy (non-hydrogen) atoms. The summed E-state index contributed by atoms with van der Waals surface area (Å²) in [6.45, 7) is 0.804. The average Bonchev–Trinajstić information content (AvgIpc) is 3.14. The fourth-order valence-electron chi connectivity index (χ4n) is 2.87. The Morgan fingerprint density at radius 1 is 1.22 bits per heavy atom. The van der Waals surface area contributed by atoms with Crippen LogP contribution in [0, 0.1) is 10.7 Å². The van der Waals surface area contributed by atoms with Crippen LogP contribution in [0.3, 0.4) is 0 Å². The van der Waals surface area contributed by atoms with Gasteiger partial charge < -0.3 is 10.3 Å². The fourth-order valence-corrected chi connectivity index (χ4v) is 3.30. The van der Waals surface area contributed by atoms with E-state index in [-0.39, 0.29) is 0 Å². The van der Waals surface area contributed by atoms with Crippen LogP contribution in [0.2, 0.25) is 0 Å². The van der Waals surface area contributed by atoms with Crippen LogP contribution < -0.4 is 5.32 Å². The number of thioether (sulfide) groups is 1. The predicted molar refractivity (Wildman–Crippen MR) is 109 cm³/mol. The number of aromatic amines is 1. The molecular weight excluding hydrogens is 356 g/mol. The van der Waals surface area contributed by atoms with Crippen molar-refractivity contribution in [3.63, 3.8) is 0 Å². The third-order valence-corrected chi connectivity index (χ3v) is 4.92. The highest BCUT2D eigenvalue weighted by Gasteiger charge is 2.10. The standard InChI is InChI=1S/C21H20N4OS/c1-23-8-7-19-18(12-26)11-21(25-19)17-6-9-24-20(10-17)16-4-2-15(3-5-16)13-27-14-22/h2-6,9-12,23,25H,7-8,13H2,1H3. The first-order chi connectivity index (χ1) is 13.2. The van der Waals surface area contributed by atoms with E-state index < -0.39 is 0 Å². The van der Waals surface area contributed by atoms with Crippen LogP contribution in [0.5, 0.6) is 0 Å². The van der Waals surface area contributed by atoms with Crippen LogP contribution in [0.15, 0.2) is 48.7 Å². The normalized spacial score (nSPS) is 10.5. The van der Waals surface area contributed by atoms with Crippen molar-refractivity contribution in [2.45, 2.75) is 12.2 Å². The average molecular weight is 376 g/mol. The molecule has 136 valence electrons. The largest absolute Gasteiger partial charge is 0.358 e. The molecule has 0 aliphatic heterocycles. The second-order valence-electron chi connectivity index (χ2n) is 6.09. The number of carbonyl (C=O) groups is 1. The molecule has 0 bridgehead atoms. The third-order valence-electron chi connectivity index (χ3n) is 4.31. The number of rotatable bonds is 8. The fraction of sp³-hybridized carbons (Fsp3) is 0.190. The number of aromatic nitrogens is 2. The number of likely N-dealkylation sites (N-methyl/N-ethyl adjacent to an activating group) is 1. The minimum absolute atomic E-state index is 0.677. The molecule has 0 saturated heterocycles. The molecule has 0 amide bonds. The third kappa shape index (κ3) is 4.64. The highest BCUT2D eigenvalue weighted by atomic mass is 32.2. The van der Waals surface area contributed by atoms with Crippen molar-refractivity contribution < 1.29 is 4.79 Å². The lowest BCUT2D eigenvalue weighted by molar-refractivity contribution is 0.112. The van der Waals surface area contributed by atoms with Gasteiger partial charge in [0.15, 0.2) is 6.29 Å². The van der Waals surface area contributed by atoms with Gasteiger partial charge in [-0.1, -0.05) is 24.3 Å². The number of nitrogens with one attached hydrogen (secondary N) is 2. The Hall–Kier alpha value is -2.88. The van der Waals surface area contributed by atoms with Gasteiger partial charge in [0.25, 0.3) is 0 Å². The van der Waals surface area contributed by atoms with Crippen molar-refractivity contribution in [1.82, 2.24) is 15.3 Å². The maximum absolute atomic E-state index is 11.4. The second kappa shape index (κ2) is 9.17. The molecule has 0 aliphatic rings. The van der Waals surface area contributed by atoms with Gasteiger partial charge in [0.2, 0.25) is 0 Å². The molecule has 0 atom stereocenters. The number of pyridine rings is 1. The van der Waals surface area contributed by atoms with Crippen molar-refractivity contribution in [1.29, 1.82) is 5.26 Å². The summed E-state index contributed by atoms with van der Waals surface area (Å²) in [5, 5.41) is 13.8. The summed E-state index contributed by atoms with van der Waals surface area (Å²) in [5.41, 5.74) is 6.52. The maximum atomic E-state index is 11.4. The first kappa shape index (κ1) is 18.9. The smallest absolute Gasteiger partial charge is 0.151 e. The van der Waals surface area contributed by atoms with Crippen LogP contribution in [0.4, 0.5) is 0 Å². The summed E-state index contributed by atoms with van der Waals surface area (Å²) >= 11 is 1.23. The lowest BCUT2D eigenvalue weighted by Crippen LogP contribution is -2.11. The van der Waals surface area contributed by atoms with Crippen LogP contribution in [0.25, 0.3) is 22.5 Å². The van der Waals surface area contributed by atoms with Gasteiger partial charge in [-0.2, -0.15) is 5.26 Å². The number of thiocyanates is 1. The van der Waals surface area contributed by atoms with Crippen molar-refractivity contribution in [2.24, 2.45) is 0 Å². The molecule has 0 unspecified atom stereocenters. The van der Waals surface area contributed by atoms with Gasteiger partial charge in [-0.25, -0.2) is 0 Å². The van der Waals surface area contributed by atoms with E-state index in [0.29, 0.717) is 11.3 Å². The summed E-state index contributed by atoms with van der Waals surface area (Å²) < 4.78 is 0. The summed E-state index contributed by atoms with van der Waals surface area (Å²) in [6, 6.07) is 13.9. The number of nitriles is 1. The molecule has 0 spiro atoms. The molecule has 2 aromatic heterocycles. The van der Waals surface area contributed by atoms with Crippen molar-refractivity contribution in [3.05, 3.63) is 65.5 Å². The van der Waals surface area contributed by atoms with Gasteiger partial charge in [0.05, 0.1) is 5.69 Å². The minimum atomic E-state index is 0.677. The number of aldehydes is 1. The lowest BCUT2D eigenvalue weighted by Gasteiger charge is -2.05. The topological polar surface area (TPSA) is 81.6 Å². The summed E-state index contributed by atoms with van der Waals surface area (Å²) in [6.07, 6.45) is 3.44. The zero-order valence-electron chi connectivity index (χ0n) is 15.0. The Kier molecular flexibility index (Phi) is 6.42. The Morgan fingerprint density at radius 2 is 2.04 bits per heavy atom. The maximum Gasteiger partial charge on any atom is 0.151 e. The molecule has 3 aromatic rings. The van der Waals surface area contributed by atoms with E-state index in [9.17, 15) is 4.79 Å². The molecule has 2 N–H and O–H groups in total. The van der Waals surface area contributed by atoms with Crippen molar-refractivity contribution in [2.75, 3.05) is 13.6 Å². The van der Waals surface area contributed by atoms with E-state index in [1.54, 1.807) is 6.20 Å². The minimum Gasteiger partial charge on any atom is -0.358 e. The number of nitrogens with zero attached hydrogens (tertiary/aromatic N) is 2. The summed E-state index contributed by atoms with van der Waals surface area (Å²) in [7, 11) is 1.89. The van der Waals surface area contributed by atoms with E-state index in [2.05, 4.69) is 20.7 Å². The molecule has 1 aromatic carbocycles. The van der Waals surface area contributed by atoms with Crippen LogP contribution >= 0.6 is 11.8 Å². The number of hydrogen-bond acceptors (Lipinski definition) is 5. The Morgan fingerprint density at radius 3 is 2.74 bits per heavy atom. The quantitative estimate of drug-likeness (QED) is 0.458.